The first-order chi connectivity index (χ1) is 63.3. The van der Waals surface area contributed by atoms with Crippen molar-refractivity contribution in [3.8, 4) is 0 Å². The van der Waals surface area contributed by atoms with Gasteiger partial charge in [-0.05, 0) is 376 Å². The number of carbonyl (C=O) groups is 3. The molecule has 0 saturated carbocycles. The zero-order chi connectivity index (χ0) is 108. The van der Waals surface area contributed by atoms with Crippen molar-refractivity contribution in [2.45, 2.75) is 420 Å². The highest BCUT2D eigenvalue weighted by Crippen LogP contribution is 2.42. The Morgan fingerprint density at radius 1 is 0.514 bits per heavy atom. The molecule has 0 bridgehead atoms. The van der Waals surface area contributed by atoms with E-state index in [0.29, 0.717) is 36.0 Å². The monoisotopic (exact) mass is 2090 g/mol. The van der Waals surface area contributed by atoms with Crippen LogP contribution in [0.15, 0.2) is 155 Å². The minimum atomic E-state index is -3.88. The number of primary sulfonamides is 1. The van der Waals surface area contributed by atoms with Gasteiger partial charge < -0.3 is 39.9 Å². The third-order valence-electron chi connectivity index (χ3n) is 23.1. The lowest BCUT2D eigenvalue weighted by Crippen LogP contribution is -2.45. The SMILES string of the molecule is CC(C)(C)OC(=O)N1C[C@@H](CCC(N)c2cc(C(C)(C)C)ccn2)CC1(C)C.CC(C)(C)OC(=O)N1C[C@@H](CCC(NS(=O)C(C)(C)C)c2cc(C(C)(C)C)ccn2)CC1(C)C.CC(C)(C)OC(=O)N1C[C@@H](CCC=NS(=O)C(C)(C)C)CC1(C)C.CC(C)(C)c1cc[n+]([O-])cc1.CC(C)(C)c1ccnc(Br)c1.CC(C)(C)c1ccnc(Cl)c1.CC(C)(C)c1ccncc1.NS(=O)(=O)c1cccc(F)n1. The van der Waals surface area contributed by atoms with Crippen molar-refractivity contribution in [2.75, 3.05) is 19.6 Å². The molecule has 140 heavy (non-hydrogen) atoms. The number of halogens is 3. The topological polar surface area (TPSA) is 338 Å². The van der Waals surface area contributed by atoms with Crippen LogP contribution >= 0.6 is 27.5 Å². The van der Waals surface area contributed by atoms with Crippen LogP contribution in [0.25, 0.3) is 0 Å². The van der Waals surface area contributed by atoms with Gasteiger partial charge in [0.1, 0.15) is 37.5 Å². The van der Waals surface area contributed by atoms with Crippen molar-refractivity contribution in [3.05, 3.63) is 206 Å². The zero-order valence-corrected chi connectivity index (χ0v) is 96.9. The van der Waals surface area contributed by atoms with Crippen LogP contribution in [0.1, 0.15) is 385 Å². The Balaban J connectivity index is 0.000000431. The number of likely N-dealkylation sites (tertiary alicyclic amines) is 3. The number of amides is 3. The molecule has 25 nitrogen and oxygen atoms in total. The Kier molecular flexibility index (Phi) is 46.7. The van der Waals surface area contributed by atoms with Crippen molar-refractivity contribution in [1.29, 1.82) is 0 Å². The molecular formula is C109H175BrClFN14O11S3. The maximum Gasteiger partial charge on any atom is 0.410 e. The summed E-state index contributed by atoms with van der Waals surface area (Å²) in [5, 5.41) is 15.4. The first kappa shape index (κ1) is 126. The molecule has 7 atom stereocenters. The van der Waals surface area contributed by atoms with Gasteiger partial charge in [0.25, 0.3) is 10.0 Å². The summed E-state index contributed by atoms with van der Waals surface area (Å²) in [6.45, 7) is 82.6. The number of carbonyl (C=O) groups excluding carboxylic acids is 3. The molecule has 0 aliphatic carbocycles. The molecule has 786 valence electrons. The van der Waals surface area contributed by atoms with Gasteiger partial charge in [0.2, 0.25) is 5.95 Å². The highest BCUT2D eigenvalue weighted by Gasteiger charge is 2.46. The van der Waals surface area contributed by atoms with Gasteiger partial charge in [0.05, 0.1) is 37.9 Å². The smallest absolute Gasteiger partial charge is 0.410 e. The van der Waals surface area contributed by atoms with Crippen LogP contribution in [0.5, 0.6) is 0 Å². The molecule has 3 amide bonds. The third-order valence-corrected chi connectivity index (χ3v) is 27.5. The Labute approximate surface area is 861 Å². The Morgan fingerprint density at radius 3 is 1.20 bits per heavy atom. The first-order valence-corrected chi connectivity index (χ1v) is 53.6. The predicted octanol–water partition coefficient (Wildman–Crippen LogP) is 25.9. The molecule has 31 heteroatoms. The maximum absolute atomic E-state index is 13.0. The van der Waals surface area contributed by atoms with E-state index in [1.165, 1.54) is 51.8 Å². The fourth-order valence-electron chi connectivity index (χ4n) is 15.1. The van der Waals surface area contributed by atoms with Crippen molar-refractivity contribution in [2.24, 2.45) is 33.0 Å². The number of nitrogens with two attached hydrogens (primary N) is 2. The summed E-state index contributed by atoms with van der Waals surface area (Å²) in [6.07, 6.45) is 23.2. The van der Waals surface area contributed by atoms with Gasteiger partial charge in [-0.3, -0.25) is 15.0 Å². The first-order valence-electron chi connectivity index (χ1n) is 48.6. The van der Waals surface area contributed by atoms with Gasteiger partial charge in [-0.2, -0.15) is 13.5 Å². The molecule has 0 spiro atoms. The van der Waals surface area contributed by atoms with Crippen molar-refractivity contribution < 1.29 is 54.6 Å². The van der Waals surface area contributed by atoms with E-state index in [1.807, 2.05) is 180 Å². The minimum Gasteiger partial charge on any atom is -0.619 e. The molecule has 0 radical (unpaired) electrons. The third kappa shape index (κ3) is 46.9. The molecular weight excluding hydrogens is 1910 g/mol. The fourth-order valence-corrected chi connectivity index (χ4v) is 17.5. The molecule has 4 unspecified atom stereocenters. The second kappa shape index (κ2) is 51.8. The number of nitrogens with one attached hydrogen (secondary N) is 1. The van der Waals surface area contributed by atoms with Crippen molar-refractivity contribution in [1.82, 2.24) is 49.3 Å². The van der Waals surface area contributed by atoms with Gasteiger partial charge >= 0.3 is 18.3 Å². The summed E-state index contributed by atoms with van der Waals surface area (Å²) >= 11 is 9.08. The lowest BCUT2D eigenvalue weighted by atomic mass is 9.86. The fraction of sp³-hybridized carbons (Fsp3) is 0.642. The van der Waals surface area contributed by atoms with Gasteiger partial charge in [0.15, 0.2) is 17.4 Å². The van der Waals surface area contributed by atoms with Crippen LogP contribution < -0.4 is 20.3 Å². The van der Waals surface area contributed by atoms with E-state index < -0.39 is 59.8 Å². The molecule has 10 heterocycles. The van der Waals surface area contributed by atoms with E-state index >= 15 is 0 Å². The second-order valence-corrected chi connectivity index (χ2v) is 56.3. The van der Waals surface area contributed by atoms with E-state index in [2.05, 4.69) is 269 Å². The normalized spacial score (nSPS) is 17.6. The molecule has 5 N–H and O–H groups in total. The van der Waals surface area contributed by atoms with Gasteiger partial charge in [-0.1, -0.05) is 142 Å². The summed E-state index contributed by atoms with van der Waals surface area (Å²) in [5.41, 5.74) is 14.6. The summed E-state index contributed by atoms with van der Waals surface area (Å²) in [6, 6.07) is 27.4. The van der Waals surface area contributed by atoms with E-state index in [-0.39, 0.29) is 89.0 Å². The van der Waals surface area contributed by atoms with Crippen LogP contribution in [0.2, 0.25) is 5.15 Å². The number of rotatable bonds is 15. The molecule has 10 rings (SSSR count). The number of ether oxygens (including phenoxy) is 3. The quantitative estimate of drug-likeness (QED) is 0.0282. The van der Waals surface area contributed by atoms with Crippen molar-refractivity contribution in [3.63, 3.8) is 0 Å². The summed E-state index contributed by atoms with van der Waals surface area (Å²) in [7, 11) is -6.29. The average Bonchev–Trinajstić information content (AvgIpc) is 1.73. The molecule has 3 fully saturated rings. The van der Waals surface area contributed by atoms with Crippen LogP contribution in [0.4, 0.5) is 18.8 Å². The van der Waals surface area contributed by atoms with Crippen LogP contribution in [-0.2, 0) is 78.7 Å². The van der Waals surface area contributed by atoms with Gasteiger partial charge in [-0.15, -0.1) is 0 Å². The Bertz CT molecular complexity index is 5190. The van der Waals surface area contributed by atoms with Crippen LogP contribution in [0.3, 0.4) is 0 Å². The Hall–Kier alpha value is -7.84. The highest BCUT2D eigenvalue weighted by molar-refractivity contribution is 9.10. The van der Waals surface area contributed by atoms with E-state index in [9.17, 15) is 40.8 Å². The van der Waals surface area contributed by atoms with Crippen molar-refractivity contribution >= 4 is 84.0 Å². The molecule has 7 aromatic rings. The highest BCUT2D eigenvalue weighted by atomic mass is 79.9. The van der Waals surface area contributed by atoms with E-state index in [0.717, 1.165) is 97.2 Å². The number of hydrogen-bond donors (Lipinski definition) is 3. The lowest BCUT2D eigenvalue weighted by Gasteiger charge is -2.33. The summed E-state index contributed by atoms with van der Waals surface area (Å²) < 4.78 is 83.5. The van der Waals surface area contributed by atoms with Gasteiger partial charge in [-0.25, -0.2) is 56.0 Å². The molecule has 3 saturated heterocycles. The molecule has 3 aliphatic rings. The average molecular weight is 2090 g/mol. The predicted molar refractivity (Wildman–Crippen MR) is 577 cm³/mol. The lowest BCUT2D eigenvalue weighted by molar-refractivity contribution is -0.605. The zero-order valence-electron chi connectivity index (χ0n) is 92.2. The maximum atomic E-state index is 13.0. The summed E-state index contributed by atoms with van der Waals surface area (Å²) in [4.78, 5) is 67.6. The van der Waals surface area contributed by atoms with E-state index in [4.69, 9.17) is 31.5 Å². The standard InChI is InChI=1S/C27H47N3O3S.C23H39N3O2.C18H34N2O3S.C9H12BrN.C9H12ClN.C9H13NO.C9H13N.C5H5FN2O2S/c1-24(2,3)20-14-15-28-22(16-20)21(29-34(32)26(7,8)9)13-12-19-17-27(10,11)30(18-19)23(31)33-25(4,5)6;1-21(2,3)17-11-12-25-19(13-17)18(24)10-9-16-14-23(7,8)26(15-16)20(27)28-22(4,5)6;1-16(2,3)23-15(21)20-13-14(12-18(20,7)8)10-9-11-19-24(22)17(4,5)6;2*1-9(2,3)7-4-5-11-8(10)6-7;1-9(2,3)8-4-6-10(11)7-5-8;1-9(2,3)8-4-6-10-7-5-8;6-4-2-1-3-5(8-4)11(7,9)10/h14-16,19,21,29H,12-13,17-18H2,1-11H3;11-13,16,18H,9-10,14-15,24H2,1-8H3;11,14H,9-10,12-13H2,1-8H3;2*4-6H,1-3H3;4-7H,1-3H3;4-7H,1-3H3;1-3H,(H2,7,9,10)/t19-,21?,34?;16-,18?;14-,24?;;;;;/m000...../s1. The van der Waals surface area contributed by atoms with E-state index in [1.54, 1.807) is 12.4 Å². The van der Waals surface area contributed by atoms with Crippen LogP contribution in [-0.4, -0.2) is 148 Å². The summed E-state index contributed by atoms with van der Waals surface area (Å²) in [5.74, 6) is 0.332. The Morgan fingerprint density at radius 2 is 0.864 bits per heavy atom. The number of aromatic nitrogens is 7. The van der Waals surface area contributed by atoms with Crippen LogP contribution in [0, 0.1) is 28.9 Å². The molecule has 0 aromatic carbocycles. The number of hydrogen-bond acceptors (Lipinski definition) is 18. The number of nitrogens with zero attached hydrogens (tertiary/aromatic N) is 11. The largest absolute Gasteiger partial charge is 0.619 e. The number of sulfonamides is 1. The number of pyridine rings is 7. The minimum absolute atomic E-state index is 0.00874. The molecule has 7 aromatic heterocycles. The second-order valence-electron chi connectivity index (χ2n) is 49.7. The van der Waals surface area contributed by atoms with Gasteiger partial charge in [0, 0.05) is 97.8 Å². The molecule has 3 aliphatic heterocycles.